The monoisotopic (exact) mass is 303 g/mol. The summed E-state index contributed by atoms with van der Waals surface area (Å²) in [6.07, 6.45) is 1.09. The number of anilines is 1. The molecular weight excluding hydrogens is 294 g/mol. The molecule has 3 nitrogen and oxygen atoms in total. The van der Waals surface area contributed by atoms with Crippen molar-refractivity contribution in [3.05, 3.63) is 15.9 Å². The average Bonchev–Trinajstić information content (AvgIpc) is 2.82. The molecule has 2 heterocycles. The van der Waals surface area contributed by atoms with Gasteiger partial charge in [0.15, 0.2) is 5.82 Å². The van der Waals surface area contributed by atoms with Gasteiger partial charge in [0, 0.05) is 11.0 Å². The summed E-state index contributed by atoms with van der Waals surface area (Å²) in [6.45, 7) is 3.06. The first-order valence-corrected chi connectivity index (χ1v) is 7.03. The lowest BCUT2D eigenvalue weighted by Crippen LogP contribution is -2.00. The van der Waals surface area contributed by atoms with Crippen LogP contribution in [0.5, 0.6) is 0 Å². The Morgan fingerprint density at radius 1 is 1.47 bits per heavy atom. The number of rotatable bonds is 4. The zero-order valence-corrected chi connectivity index (χ0v) is 11.4. The molecule has 15 heavy (non-hydrogen) atoms. The first-order valence-electron chi connectivity index (χ1n) is 4.62. The highest BCUT2D eigenvalue weighted by atomic mass is 79.9. The van der Waals surface area contributed by atoms with Crippen molar-refractivity contribution in [1.82, 2.24) is 8.75 Å². The van der Waals surface area contributed by atoms with Crippen molar-refractivity contribution < 1.29 is 0 Å². The van der Waals surface area contributed by atoms with E-state index in [1.165, 1.54) is 11.7 Å². The molecule has 0 saturated carbocycles. The highest BCUT2D eigenvalue weighted by Crippen LogP contribution is 2.36. The molecule has 0 spiro atoms. The Labute approximate surface area is 105 Å². The van der Waals surface area contributed by atoms with E-state index in [1.807, 2.05) is 11.4 Å². The predicted octanol–water partition coefficient (Wildman–Crippen LogP) is 3.85. The van der Waals surface area contributed by atoms with E-state index in [0.717, 1.165) is 33.8 Å². The van der Waals surface area contributed by atoms with Crippen LogP contribution in [0.2, 0.25) is 0 Å². The summed E-state index contributed by atoms with van der Waals surface area (Å²) in [5.74, 6) is 0.894. The summed E-state index contributed by atoms with van der Waals surface area (Å²) < 4.78 is 9.66. The maximum atomic E-state index is 4.32. The Kier molecular flexibility index (Phi) is 3.71. The van der Waals surface area contributed by atoms with Gasteiger partial charge in [0.05, 0.1) is 16.6 Å². The molecule has 0 aromatic carbocycles. The number of hydrogen-bond acceptors (Lipinski definition) is 5. The van der Waals surface area contributed by atoms with Crippen molar-refractivity contribution in [2.75, 3.05) is 11.9 Å². The van der Waals surface area contributed by atoms with E-state index < -0.39 is 0 Å². The van der Waals surface area contributed by atoms with Crippen LogP contribution >= 0.6 is 39.0 Å². The molecule has 2 aromatic rings. The average molecular weight is 304 g/mol. The zero-order valence-electron chi connectivity index (χ0n) is 8.16. The fraction of sp³-hybridized carbons (Fsp3) is 0.333. The highest BCUT2D eigenvalue weighted by Gasteiger charge is 2.13. The quantitative estimate of drug-likeness (QED) is 0.932. The molecule has 0 aliphatic carbocycles. The van der Waals surface area contributed by atoms with Gasteiger partial charge >= 0.3 is 0 Å². The molecule has 6 heteroatoms. The molecule has 0 radical (unpaired) electrons. The lowest BCUT2D eigenvalue weighted by atomic mass is 10.3. The summed E-state index contributed by atoms with van der Waals surface area (Å²) in [7, 11) is 0. The maximum absolute atomic E-state index is 4.32. The molecule has 0 aliphatic heterocycles. The van der Waals surface area contributed by atoms with Gasteiger partial charge in [-0.3, -0.25) is 0 Å². The molecule has 2 aromatic heterocycles. The van der Waals surface area contributed by atoms with Crippen LogP contribution in [0.3, 0.4) is 0 Å². The largest absolute Gasteiger partial charge is 0.367 e. The summed E-state index contributed by atoms with van der Waals surface area (Å²) in [5, 5.41) is 5.33. The van der Waals surface area contributed by atoms with Gasteiger partial charge in [0.25, 0.3) is 0 Å². The molecule has 0 bridgehead atoms. The lowest BCUT2D eigenvalue weighted by molar-refractivity contribution is 0.974. The van der Waals surface area contributed by atoms with E-state index in [9.17, 15) is 0 Å². The van der Waals surface area contributed by atoms with E-state index in [0.29, 0.717) is 0 Å². The van der Waals surface area contributed by atoms with Crippen molar-refractivity contribution in [1.29, 1.82) is 0 Å². The SMILES string of the molecule is CCCNc1nsnc1-c1sccc1Br. The van der Waals surface area contributed by atoms with Gasteiger partial charge in [-0.25, -0.2) is 0 Å². The number of nitrogens with one attached hydrogen (secondary N) is 1. The Morgan fingerprint density at radius 2 is 2.33 bits per heavy atom. The Bertz CT molecular complexity index is 438. The molecule has 0 saturated heterocycles. The minimum absolute atomic E-state index is 0.894. The second kappa shape index (κ2) is 5.05. The van der Waals surface area contributed by atoms with Crippen LogP contribution in [0, 0.1) is 0 Å². The van der Waals surface area contributed by atoms with Gasteiger partial charge in [0.2, 0.25) is 0 Å². The van der Waals surface area contributed by atoms with Crippen molar-refractivity contribution in [3.8, 4) is 10.6 Å². The number of halogens is 1. The molecule has 0 atom stereocenters. The van der Waals surface area contributed by atoms with Crippen LogP contribution in [0.1, 0.15) is 13.3 Å². The third kappa shape index (κ3) is 2.38. The number of aromatic nitrogens is 2. The molecule has 0 amide bonds. The van der Waals surface area contributed by atoms with Gasteiger partial charge in [-0.1, -0.05) is 6.92 Å². The standard InChI is InChI=1S/C9H10BrN3S2/c1-2-4-11-9-7(12-15-13-9)8-6(10)3-5-14-8/h3,5H,2,4H2,1H3,(H,11,13). The van der Waals surface area contributed by atoms with E-state index >= 15 is 0 Å². The van der Waals surface area contributed by atoms with Gasteiger partial charge in [-0.05, 0) is 33.8 Å². The van der Waals surface area contributed by atoms with Crippen LogP contribution < -0.4 is 5.32 Å². The summed E-state index contributed by atoms with van der Waals surface area (Å²) in [5.41, 5.74) is 0.954. The number of nitrogens with zero attached hydrogens (tertiary/aromatic N) is 2. The Hall–Kier alpha value is -0.460. The second-order valence-corrected chi connectivity index (χ2v) is 5.28. The molecule has 80 valence electrons. The Morgan fingerprint density at radius 3 is 3.00 bits per heavy atom. The number of thiophene rings is 1. The predicted molar refractivity (Wildman–Crippen MR) is 69.7 cm³/mol. The molecule has 0 aliphatic rings. The first kappa shape index (κ1) is 11.0. The molecule has 1 N–H and O–H groups in total. The third-order valence-corrected chi connectivity index (χ3v) is 4.24. The van der Waals surface area contributed by atoms with E-state index in [4.69, 9.17) is 0 Å². The second-order valence-electron chi connectivity index (χ2n) is 2.99. The van der Waals surface area contributed by atoms with Gasteiger partial charge in [-0.15, -0.1) is 11.3 Å². The Balaban J connectivity index is 2.29. The van der Waals surface area contributed by atoms with Gasteiger partial charge in [-0.2, -0.15) is 8.75 Å². The normalized spacial score (nSPS) is 10.5. The molecule has 2 rings (SSSR count). The minimum Gasteiger partial charge on any atom is -0.367 e. The summed E-state index contributed by atoms with van der Waals surface area (Å²) >= 11 is 6.43. The maximum Gasteiger partial charge on any atom is 0.169 e. The van der Waals surface area contributed by atoms with Crippen LogP contribution in [0.15, 0.2) is 15.9 Å². The zero-order chi connectivity index (χ0) is 10.7. The van der Waals surface area contributed by atoms with E-state index in [2.05, 4.69) is 36.9 Å². The van der Waals surface area contributed by atoms with E-state index in [-0.39, 0.29) is 0 Å². The van der Waals surface area contributed by atoms with Crippen molar-refractivity contribution in [3.63, 3.8) is 0 Å². The summed E-state index contributed by atoms with van der Waals surface area (Å²) in [4.78, 5) is 1.14. The topological polar surface area (TPSA) is 37.8 Å². The first-order chi connectivity index (χ1) is 7.33. The van der Waals surface area contributed by atoms with Gasteiger partial charge < -0.3 is 5.32 Å². The highest BCUT2D eigenvalue weighted by molar-refractivity contribution is 9.10. The van der Waals surface area contributed by atoms with Crippen molar-refractivity contribution in [2.24, 2.45) is 0 Å². The summed E-state index contributed by atoms with van der Waals surface area (Å²) in [6, 6.07) is 2.03. The fourth-order valence-corrected chi connectivity index (χ4v) is 3.30. The van der Waals surface area contributed by atoms with Crippen LogP contribution in [0.25, 0.3) is 10.6 Å². The fourth-order valence-electron chi connectivity index (χ4n) is 1.16. The minimum atomic E-state index is 0.894. The smallest absolute Gasteiger partial charge is 0.169 e. The molecule has 0 fully saturated rings. The van der Waals surface area contributed by atoms with E-state index in [1.54, 1.807) is 11.3 Å². The third-order valence-electron chi connectivity index (χ3n) is 1.86. The molecule has 0 unspecified atom stereocenters. The van der Waals surface area contributed by atoms with Gasteiger partial charge in [0.1, 0.15) is 5.69 Å². The lowest BCUT2D eigenvalue weighted by Gasteiger charge is -2.01. The van der Waals surface area contributed by atoms with Crippen LogP contribution in [0.4, 0.5) is 5.82 Å². The van der Waals surface area contributed by atoms with Crippen molar-refractivity contribution in [2.45, 2.75) is 13.3 Å². The molecular formula is C9H10BrN3S2. The number of hydrogen-bond donors (Lipinski definition) is 1. The van der Waals surface area contributed by atoms with Crippen LogP contribution in [-0.2, 0) is 0 Å². The van der Waals surface area contributed by atoms with Crippen LogP contribution in [-0.4, -0.2) is 15.3 Å². The van der Waals surface area contributed by atoms with Crippen molar-refractivity contribution >= 4 is 44.8 Å².